The van der Waals surface area contributed by atoms with Crippen LogP contribution in [0.2, 0.25) is 0 Å². The lowest BCUT2D eigenvalue weighted by Crippen LogP contribution is -2.48. The highest BCUT2D eigenvalue weighted by molar-refractivity contribution is 5.42. The fourth-order valence-corrected chi connectivity index (χ4v) is 3.73. The number of piperazine rings is 1. The second-order valence-electron chi connectivity index (χ2n) is 6.76. The molecule has 0 bridgehead atoms. The molecule has 1 aromatic heterocycles. The van der Waals surface area contributed by atoms with Crippen LogP contribution in [0.15, 0.2) is 79.0 Å². The quantitative estimate of drug-likeness (QED) is 0.713. The topological polar surface area (TPSA) is 43.2 Å². The third-order valence-electron chi connectivity index (χ3n) is 5.11. The Kier molecular flexibility index (Phi) is 5.13. The molecule has 2 aromatic carbocycles. The molecule has 0 radical (unpaired) electrons. The van der Waals surface area contributed by atoms with Crippen molar-refractivity contribution >= 4 is 5.82 Å². The molecule has 1 aliphatic heterocycles. The van der Waals surface area contributed by atoms with E-state index in [9.17, 15) is 0 Å². The molecule has 4 nitrogen and oxygen atoms in total. The van der Waals surface area contributed by atoms with Crippen LogP contribution in [-0.2, 0) is 0 Å². The summed E-state index contributed by atoms with van der Waals surface area (Å²) in [5.41, 5.74) is 3.26. The van der Waals surface area contributed by atoms with Crippen molar-refractivity contribution in [3.63, 3.8) is 0 Å². The molecule has 0 atom stereocenters. The Morgan fingerprint density at radius 2 is 1.37 bits per heavy atom. The van der Waals surface area contributed by atoms with Crippen molar-refractivity contribution in [2.45, 2.75) is 6.04 Å². The second-order valence-corrected chi connectivity index (χ2v) is 6.76. The molecule has 3 aromatic rings. The maximum Gasteiger partial charge on any atom is 0.128 e. The van der Waals surface area contributed by atoms with Crippen LogP contribution in [0.1, 0.15) is 22.7 Å². The van der Waals surface area contributed by atoms with Crippen LogP contribution >= 0.6 is 0 Å². The first-order valence-corrected chi connectivity index (χ1v) is 9.30. The average molecular weight is 354 g/mol. The van der Waals surface area contributed by atoms with Crippen molar-refractivity contribution in [3.8, 4) is 6.07 Å². The largest absolute Gasteiger partial charge is 0.354 e. The average Bonchev–Trinajstić information content (AvgIpc) is 2.76. The molecule has 1 fully saturated rings. The molecule has 2 heterocycles. The van der Waals surface area contributed by atoms with Gasteiger partial charge in [-0.3, -0.25) is 4.90 Å². The van der Waals surface area contributed by atoms with Gasteiger partial charge in [0.15, 0.2) is 0 Å². The number of pyridine rings is 1. The lowest BCUT2D eigenvalue weighted by atomic mass is 9.96. The number of hydrogen-bond donors (Lipinski definition) is 0. The van der Waals surface area contributed by atoms with E-state index in [1.54, 1.807) is 6.20 Å². The van der Waals surface area contributed by atoms with Gasteiger partial charge in [-0.15, -0.1) is 0 Å². The molecule has 0 unspecified atom stereocenters. The number of benzene rings is 2. The maximum absolute atomic E-state index is 8.94. The predicted octanol–water partition coefficient (Wildman–Crippen LogP) is 3.86. The maximum atomic E-state index is 8.94. The molecule has 4 rings (SSSR count). The minimum atomic E-state index is 0.267. The highest BCUT2D eigenvalue weighted by Crippen LogP contribution is 2.30. The zero-order chi connectivity index (χ0) is 18.5. The van der Waals surface area contributed by atoms with E-state index in [0.29, 0.717) is 5.56 Å². The molecule has 1 aliphatic rings. The van der Waals surface area contributed by atoms with E-state index < -0.39 is 0 Å². The molecule has 4 heteroatoms. The third kappa shape index (κ3) is 3.84. The van der Waals surface area contributed by atoms with Gasteiger partial charge < -0.3 is 4.90 Å². The number of nitriles is 1. The van der Waals surface area contributed by atoms with Crippen molar-refractivity contribution in [1.29, 1.82) is 5.26 Å². The summed E-state index contributed by atoms with van der Waals surface area (Å²) in [6, 6.07) is 27.6. The van der Waals surface area contributed by atoms with Gasteiger partial charge in [0.1, 0.15) is 11.9 Å². The Morgan fingerprint density at radius 1 is 0.778 bits per heavy atom. The van der Waals surface area contributed by atoms with Crippen molar-refractivity contribution in [1.82, 2.24) is 9.88 Å². The van der Waals surface area contributed by atoms with E-state index >= 15 is 0 Å². The van der Waals surface area contributed by atoms with Crippen LogP contribution in [0.25, 0.3) is 0 Å². The van der Waals surface area contributed by atoms with Crippen molar-refractivity contribution in [2.24, 2.45) is 0 Å². The summed E-state index contributed by atoms with van der Waals surface area (Å²) in [7, 11) is 0. The SMILES string of the molecule is N#Cc1ccc(N2CCN(C(c3ccccc3)c3ccccc3)CC2)nc1. The monoisotopic (exact) mass is 354 g/mol. The van der Waals surface area contributed by atoms with Gasteiger partial charge in [0.2, 0.25) is 0 Å². The minimum Gasteiger partial charge on any atom is -0.354 e. The van der Waals surface area contributed by atoms with E-state index in [1.807, 2.05) is 12.1 Å². The Hall–Kier alpha value is -3.16. The van der Waals surface area contributed by atoms with Gasteiger partial charge in [0.25, 0.3) is 0 Å². The van der Waals surface area contributed by atoms with Gasteiger partial charge >= 0.3 is 0 Å². The molecule has 0 spiro atoms. The van der Waals surface area contributed by atoms with Crippen LogP contribution in [0.4, 0.5) is 5.82 Å². The van der Waals surface area contributed by atoms with Gasteiger partial charge in [0, 0.05) is 32.4 Å². The van der Waals surface area contributed by atoms with Gasteiger partial charge in [-0.25, -0.2) is 4.98 Å². The van der Waals surface area contributed by atoms with Crippen LogP contribution in [0, 0.1) is 11.3 Å². The summed E-state index contributed by atoms with van der Waals surface area (Å²) in [6.07, 6.45) is 1.65. The summed E-state index contributed by atoms with van der Waals surface area (Å²) in [5.74, 6) is 0.949. The number of rotatable bonds is 4. The first kappa shape index (κ1) is 17.3. The van der Waals surface area contributed by atoms with Crippen LogP contribution in [0.5, 0.6) is 0 Å². The lowest BCUT2D eigenvalue weighted by Gasteiger charge is -2.40. The Morgan fingerprint density at radius 3 is 1.85 bits per heavy atom. The number of anilines is 1. The van der Waals surface area contributed by atoms with Gasteiger partial charge in [0.05, 0.1) is 11.6 Å². The van der Waals surface area contributed by atoms with Crippen LogP contribution in [-0.4, -0.2) is 36.1 Å². The molecule has 1 saturated heterocycles. The molecule has 0 aliphatic carbocycles. The van der Waals surface area contributed by atoms with E-state index in [1.165, 1.54) is 11.1 Å². The van der Waals surface area contributed by atoms with Crippen molar-refractivity contribution in [2.75, 3.05) is 31.1 Å². The molecular weight excluding hydrogens is 332 g/mol. The summed E-state index contributed by atoms with van der Waals surface area (Å²) in [5, 5.41) is 8.94. The first-order chi connectivity index (χ1) is 13.3. The number of nitrogens with zero attached hydrogens (tertiary/aromatic N) is 4. The minimum absolute atomic E-state index is 0.267. The van der Waals surface area contributed by atoms with Gasteiger partial charge in [-0.2, -0.15) is 5.26 Å². The molecule has 27 heavy (non-hydrogen) atoms. The Balaban J connectivity index is 1.52. The highest BCUT2D eigenvalue weighted by Gasteiger charge is 2.26. The number of hydrogen-bond acceptors (Lipinski definition) is 4. The summed E-state index contributed by atoms with van der Waals surface area (Å²) in [4.78, 5) is 9.29. The van der Waals surface area contributed by atoms with Crippen LogP contribution < -0.4 is 4.90 Å². The predicted molar refractivity (Wildman–Crippen MR) is 107 cm³/mol. The standard InChI is InChI=1S/C23H22N4/c24-17-19-11-12-22(25-18-19)26-13-15-27(16-14-26)23(20-7-3-1-4-8-20)21-9-5-2-6-10-21/h1-12,18,23H,13-16H2. The normalized spacial score (nSPS) is 14.9. The molecule has 134 valence electrons. The van der Waals surface area contributed by atoms with E-state index in [-0.39, 0.29) is 6.04 Å². The fraction of sp³-hybridized carbons (Fsp3) is 0.217. The molecule has 0 amide bonds. The molecular formula is C23H22N4. The lowest BCUT2D eigenvalue weighted by molar-refractivity contribution is 0.212. The van der Waals surface area contributed by atoms with Gasteiger partial charge in [-0.1, -0.05) is 60.7 Å². The van der Waals surface area contributed by atoms with E-state index in [4.69, 9.17) is 5.26 Å². The molecule has 0 N–H and O–H groups in total. The first-order valence-electron chi connectivity index (χ1n) is 9.30. The Bertz CT molecular complexity index is 853. The van der Waals surface area contributed by atoms with Crippen molar-refractivity contribution in [3.05, 3.63) is 95.7 Å². The summed E-state index contributed by atoms with van der Waals surface area (Å²) in [6.45, 7) is 3.79. The third-order valence-corrected chi connectivity index (χ3v) is 5.11. The summed E-state index contributed by atoms with van der Waals surface area (Å²) >= 11 is 0. The Labute approximate surface area is 160 Å². The zero-order valence-corrected chi connectivity index (χ0v) is 15.2. The highest BCUT2D eigenvalue weighted by atomic mass is 15.3. The number of aromatic nitrogens is 1. The smallest absolute Gasteiger partial charge is 0.128 e. The van der Waals surface area contributed by atoms with Gasteiger partial charge in [-0.05, 0) is 23.3 Å². The van der Waals surface area contributed by atoms with Crippen molar-refractivity contribution < 1.29 is 0 Å². The molecule has 0 saturated carbocycles. The zero-order valence-electron chi connectivity index (χ0n) is 15.2. The van der Waals surface area contributed by atoms with E-state index in [0.717, 1.165) is 32.0 Å². The fourth-order valence-electron chi connectivity index (χ4n) is 3.73. The van der Waals surface area contributed by atoms with Crippen LogP contribution in [0.3, 0.4) is 0 Å². The van der Waals surface area contributed by atoms with E-state index in [2.05, 4.69) is 81.5 Å². The summed E-state index contributed by atoms with van der Waals surface area (Å²) < 4.78 is 0. The second kappa shape index (κ2) is 8.03.